The molecule has 0 aliphatic rings. The second kappa shape index (κ2) is 8.97. The fourth-order valence-electron chi connectivity index (χ4n) is 3.53. The smallest absolute Gasteiger partial charge is 0.433 e. The highest BCUT2D eigenvalue weighted by Gasteiger charge is 2.36. The Morgan fingerprint density at radius 1 is 1.00 bits per heavy atom. The van der Waals surface area contributed by atoms with Gasteiger partial charge in [0.05, 0.1) is 24.6 Å². The number of fused-ring (bicyclic) bond motifs is 1. The highest BCUT2D eigenvalue weighted by atomic mass is 19.4. The van der Waals surface area contributed by atoms with E-state index in [0.29, 0.717) is 10.6 Å². The average Bonchev–Trinajstić information content (AvgIpc) is 3.64. The molecule has 0 saturated carbocycles. The molecule has 1 N–H and O–H groups in total. The molecule has 0 bridgehead atoms. The molecule has 16 heteroatoms. The quantitative estimate of drug-likeness (QED) is 0.187. The maximum Gasteiger partial charge on any atom is 0.433 e. The summed E-state index contributed by atoms with van der Waals surface area (Å²) in [5.74, 6) is -11.9. The maximum atomic E-state index is 14.0. The van der Waals surface area contributed by atoms with E-state index in [0.717, 1.165) is 23.1 Å². The number of anilines is 1. The van der Waals surface area contributed by atoms with Crippen molar-refractivity contribution < 1.29 is 44.3 Å². The third-order valence-electron chi connectivity index (χ3n) is 5.28. The van der Waals surface area contributed by atoms with Crippen LogP contribution in [0.4, 0.5) is 40.9 Å². The number of nitrogens with zero attached hydrogens (tertiary/aromatic N) is 5. The maximum absolute atomic E-state index is 14.0. The monoisotopic (exact) mass is 542 g/mol. The second-order valence-corrected chi connectivity index (χ2v) is 7.70. The molecule has 38 heavy (non-hydrogen) atoms. The van der Waals surface area contributed by atoms with Gasteiger partial charge in [-0.05, 0) is 18.2 Å². The largest absolute Gasteiger partial charge is 0.463 e. The van der Waals surface area contributed by atoms with Crippen LogP contribution in [-0.4, -0.2) is 30.3 Å². The minimum atomic E-state index is -4.87. The van der Waals surface area contributed by atoms with Crippen LogP contribution in [0.3, 0.4) is 0 Å². The number of halogens is 8. The van der Waals surface area contributed by atoms with Gasteiger partial charge in [-0.1, -0.05) is 0 Å². The van der Waals surface area contributed by atoms with E-state index in [4.69, 9.17) is 4.42 Å². The van der Waals surface area contributed by atoms with Crippen molar-refractivity contribution in [2.75, 3.05) is 5.32 Å². The Kier molecular flexibility index (Phi) is 5.88. The van der Waals surface area contributed by atoms with Gasteiger partial charge < -0.3 is 9.73 Å². The number of aromatic nitrogens is 5. The van der Waals surface area contributed by atoms with E-state index >= 15 is 0 Å². The number of nitrogens with one attached hydrogen (secondary N) is 1. The predicted octanol–water partition coefficient (Wildman–Crippen LogP) is 5.20. The van der Waals surface area contributed by atoms with E-state index in [1.54, 1.807) is 0 Å². The fraction of sp³-hybridized carbons (Fsp3) is 0.0909. The van der Waals surface area contributed by atoms with Crippen LogP contribution in [0, 0.1) is 29.1 Å². The number of furan rings is 1. The normalized spacial score (nSPS) is 11.9. The number of carbonyl (C=O) groups is 1. The van der Waals surface area contributed by atoms with Crippen molar-refractivity contribution in [1.82, 2.24) is 24.4 Å². The third kappa shape index (κ3) is 4.22. The van der Waals surface area contributed by atoms with Crippen molar-refractivity contribution in [3.05, 3.63) is 88.8 Å². The van der Waals surface area contributed by atoms with Gasteiger partial charge in [0.1, 0.15) is 11.3 Å². The Labute approximate surface area is 205 Å². The van der Waals surface area contributed by atoms with Gasteiger partial charge in [0, 0.05) is 12.3 Å². The first-order valence-corrected chi connectivity index (χ1v) is 10.3. The highest BCUT2D eigenvalue weighted by Crippen LogP contribution is 2.33. The Bertz CT molecular complexity index is 1660. The lowest BCUT2D eigenvalue weighted by atomic mass is 10.1. The highest BCUT2D eigenvalue weighted by molar-refractivity contribution is 6.07. The summed E-state index contributed by atoms with van der Waals surface area (Å²) < 4.78 is 115. The molecule has 196 valence electrons. The molecule has 4 heterocycles. The molecule has 0 radical (unpaired) electrons. The zero-order chi connectivity index (χ0) is 27.4. The topological polar surface area (TPSA) is 90.2 Å². The molecule has 0 aliphatic carbocycles. The molecule has 0 spiro atoms. The molecule has 0 saturated heterocycles. The average molecular weight is 542 g/mol. The predicted molar refractivity (Wildman–Crippen MR) is 111 cm³/mol. The SMILES string of the molecule is O=C(Nc1ccn(Cc2c(F)c(F)c(F)c(F)c2F)n1)c1cnn2c(C(F)(F)F)cc(-c3ccco3)nc12. The molecule has 1 aromatic carbocycles. The van der Waals surface area contributed by atoms with Crippen molar-refractivity contribution in [2.24, 2.45) is 0 Å². The molecular weight excluding hydrogens is 532 g/mol. The van der Waals surface area contributed by atoms with Gasteiger partial charge in [0.15, 0.2) is 46.2 Å². The minimum absolute atomic E-state index is 0.00238. The lowest BCUT2D eigenvalue weighted by molar-refractivity contribution is -0.142. The second-order valence-electron chi connectivity index (χ2n) is 7.70. The van der Waals surface area contributed by atoms with Gasteiger partial charge in [-0.2, -0.15) is 23.4 Å². The van der Waals surface area contributed by atoms with Gasteiger partial charge in [-0.3, -0.25) is 9.48 Å². The molecule has 5 aromatic rings. The number of alkyl halides is 3. The third-order valence-corrected chi connectivity index (χ3v) is 5.28. The Morgan fingerprint density at radius 2 is 1.68 bits per heavy atom. The Hall–Kier alpha value is -4.76. The summed E-state index contributed by atoms with van der Waals surface area (Å²) in [6.45, 7) is -0.888. The number of carbonyl (C=O) groups excluding carboxylic acids is 1. The standard InChI is InChI=1S/C22H10F8N6O2/c23-15-10(16(24)18(26)19(27)17(15)25)8-35-4-3-14(34-35)33-21(37)9-7-31-36-13(22(28,29)30)6-11(32-20(9)36)12-2-1-5-38-12/h1-7H,8H2,(H,33,34,37). The molecule has 4 aromatic heterocycles. The first kappa shape index (κ1) is 24.9. The van der Waals surface area contributed by atoms with Gasteiger partial charge in [0.2, 0.25) is 5.82 Å². The van der Waals surface area contributed by atoms with Gasteiger partial charge >= 0.3 is 6.18 Å². The minimum Gasteiger partial charge on any atom is -0.463 e. The van der Waals surface area contributed by atoms with Gasteiger partial charge in [-0.15, -0.1) is 0 Å². The number of hydrogen-bond donors (Lipinski definition) is 1. The zero-order valence-electron chi connectivity index (χ0n) is 18.3. The van der Waals surface area contributed by atoms with Crippen molar-refractivity contribution in [2.45, 2.75) is 12.7 Å². The summed E-state index contributed by atoms with van der Waals surface area (Å²) >= 11 is 0. The van der Waals surface area contributed by atoms with Crippen LogP contribution in [0.2, 0.25) is 0 Å². The van der Waals surface area contributed by atoms with Crippen LogP contribution in [0.15, 0.2) is 47.3 Å². The van der Waals surface area contributed by atoms with Crippen LogP contribution in [0.25, 0.3) is 17.1 Å². The fourth-order valence-corrected chi connectivity index (χ4v) is 3.53. The van der Waals surface area contributed by atoms with Gasteiger partial charge in [-0.25, -0.2) is 31.5 Å². The molecule has 0 unspecified atom stereocenters. The summed E-state index contributed by atoms with van der Waals surface area (Å²) in [6.07, 6.45) is -1.74. The van der Waals surface area contributed by atoms with Crippen LogP contribution in [0.1, 0.15) is 21.6 Å². The molecule has 8 nitrogen and oxygen atoms in total. The first-order chi connectivity index (χ1) is 18.0. The van der Waals surface area contributed by atoms with Crippen LogP contribution in [-0.2, 0) is 12.7 Å². The van der Waals surface area contributed by atoms with Crippen molar-refractivity contribution in [3.63, 3.8) is 0 Å². The van der Waals surface area contributed by atoms with Crippen molar-refractivity contribution in [3.8, 4) is 11.5 Å². The summed E-state index contributed by atoms with van der Waals surface area (Å²) in [7, 11) is 0. The zero-order valence-corrected chi connectivity index (χ0v) is 18.3. The van der Waals surface area contributed by atoms with Gasteiger partial charge in [0.25, 0.3) is 5.91 Å². The Balaban J connectivity index is 1.45. The summed E-state index contributed by atoms with van der Waals surface area (Å²) in [5, 5.41) is 9.64. The molecule has 0 aliphatic heterocycles. The summed E-state index contributed by atoms with van der Waals surface area (Å²) in [5.41, 5.74) is -3.49. The summed E-state index contributed by atoms with van der Waals surface area (Å²) in [6, 6.07) is 4.62. The first-order valence-electron chi connectivity index (χ1n) is 10.3. The molecule has 1 amide bonds. The summed E-state index contributed by atoms with van der Waals surface area (Å²) in [4.78, 5) is 16.9. The Morgan fingerprint density at radius 3 is 2.32 bits per heavy atom. The molecular formula is C22H10F8N6O2. The number of benzene rings is 1. The lowest BCUT2D eigenvalue weighted by Crippen LogP contribution is -2.16. The number of hydrogen-bond acceptors (Lipinski definition) is 5. The number of amides is 1. The van der Waals surface area contributed by atoms with E-state index in [2.05, 4.69) is 20.5 Å². The van der Waals surface area contributed by atoms with E-state index in [9.17, 15) is 39.9 Å². The van der Waals surface area contributed by atoms with E-state index in [1.807, 2.05) is 0 Å². The van der Waals surface area contributed by atoms with Crippen molar-refractivity contribution in [1.29, 1.82) is 0 Å². The van der Waals surface area contributed by atoms with E-state index in [-0.39, 0.29) is 17.3 Å². The number of rotatable bonds is 5. The lowest BCUT2D eigenvalue weighted by Gasteiger charge is -2.10. The molecule has 5 rings (SSSR count). The van der Waals surface area contributed by atoms with Crippen LogP contribution >= 0.6 is 0 Å². The molecule has 0 atom stereocenters. The van der Waals surface area contributed by atoms with Crippen LogP contribution < -0.4 is 5.32 Å². The van der Waals surface area contributed by atoms with E-state index < -0.39 is 70.2 Å². The molecule has 0 fully saturated rings. The van der Waals surface area contributed by atoms with Crippen molar-refractivity contribution >= 4 is 17.4 Å². The van der Waals surface area contributed by atoms with Crippen LogP contribution in [0.5, 0.6) is 0 Å². The van der Waals surface area contributed by atoms with E-state index in [1.165, 1.54) is 18.4 Å².